The van der Waals surface area contributed by atoms with Crippen LogP contribution in [0.25, 0.3) is 11.1 Å². The van der Waals surface area contributed by atoms with E-state index >= 15 is 0 Å². The summed E-state index contributed by atoms with van der Waals surface area (Å²) in [7, 11) is 1.70. The molecule has 0 atom stereocenters. The molecular weight excluding hydrogens is 244 g/mol. The van der Waals surface area contributed by atoms with Gasteiger partial charge in [-0.15, -0.1) is 0 Å². The van der Waals surface area contributed by atoms with E-state index in [2.05, 4.69) is 57.2 Å². The maximum absolute atomic E-state index is 5.29. The summed E-state index contributed by atoms with van der Waals surface area (Å²) in [5, 5.41) is 0. The highest BCUT2D eigenvalue weighted by Gasteiger charge is 2.21. The second-order valence-electron chi connectivity index (χ2n) is 5.58. The van der Waals surface area contributed by atoms with Crippen molar-refractivity contribution in [1.82, 2.24) is 0 Å². The van der Waals surface area contributed by atoms with Crippen molar-refractivity contribution in [2.45, 2.75) is 39.0 Å². The van der Waals surface area contributed by atoms with E-state index in [9.17, 15) is 0 Å². The minimum atomic E-state index is 0.285. The summed E-state index contributed by atoms with van der Waals surface area (Å²) in [5.41, 5.74) is 4.15. The Hall–Kier alpha value is -1.76. The van der Waals surface area contributed by atoms with Crippen LogP contribution in [0.2, 0.25) is 0 Å². The highest BCUT2D eigenvalue weighted by atomic mass is 16.5. The molecule has 0 aliphatic rings. The van der Waals surface area contributed by atoms with Gasteiger partial charge in [0.05, 0.1) is 7.11 Å². The summed E-state index contributed by atoms with van der Waals surface area (Å²) in [6.07, 6.45) is 2.34. The van der Waals surface area contributed by atoms with Gasteiger partial charge in [0.15, 0.2) is 0 Å². The van der Waals surface area contributed by atoms with Crippen molar-refractivity contribution >= 4 is 0 Å². The van der Waals surface area contributed by atoms with Gasteiger partial charge in [-0.3, -0.25) is 0 Å². The monoisotopic (exact) mass is 268 g/mol. The Morgan fingerprint density at radius 1 is 0.900 bits per heavy atom. The van der Waals surface area contributed by atoms with Crippen molar-refractivity contribution in [2.75, 3.05) is 7.11 Å². The summed E-state index contributed by atoms with van der Waals surface area (Å²) >= 11 is 0. The Kier molecular flexibility index (Phi) is 4.49. The van der Waals surface area contributed by atoms with Crippen molar-refractivity contribution in [1.29, 1.82) is 0 Å². The first-order valence-electron chi connectivity index (χ1n) is 7.38. The molecule has 0 saturated heterocycles. The zero-order valence-electron chi connectivity index (χ0n) is 12.9. The van der Waals surface area contributed by atoms with Crippen molar-refractivity contribution in [3.63, 3.8) is 0 Å². The van der Waals surface area contributed by atoms with Crippen LogP contribution in [-0.4, -0.2) is 7.11 Å². The van der Waals surface area contributed by atoms with Gasteiger partial charge < -0.3 is 4.74 Å². The van der Waals surface area contributed by atoms with Gasteiger partial charge >= 0.3 is 0 Å². The van der Waals surface area contributed by atoms with Crippen LogP contribution in [0.5, 0.6) is 5.75 Å². The second-order valence-corrected chi connectivity index (χ2v) is 5.58. The minimum absolute atomic E-state index is 0.285. The van der Waals surface area contributed by atoms with Crippen molar-refractivity contribution in [2.24, 2.45) is 0 Å². The molecule has 0 bridgehead atoms. The lowest BCUT2D eigenvalue weighted by atomic mass is 9.77. The molecule has 2 aromatic rings. The minimum Gasteiger partial charge on any atom is -0.497 e. The summed E-state index contributed by atoms with van der Waals surface area (Å²) in [5.74, 6) is 0.901. The molecule has 0 radical (unpaired) electrons. The van der Waals surface area contributed by atoms with E-state index in [0.29, 0.717) is 0 Å². The molecule has 0 N–H and O–H groups in total. The lowest BCUT2D eigenvalue weighted by Gasteiger charge is -2.27. The van der Waals surface area contributed by atoms with Gasteiger partial charge in [0.1, 0.15) is 5.75 Å². The number of hydrogen-bond acceptors (Lipinski definition) is 1. The first-order valence-corrected chi connectivity index (χ1v) is 7.38. The van der Waals surface area contributed by atoms with Crippen LogP contribution in [0.1, 0.15) is 39.2 Å². The molecule has 20 heavy (non-hydrogen) atoms. The maximum Gasteiger partial charge on any atom is 0.119 e. The van der Waals surface area contributed by atoms with Gasteiger partial charge in [0, 0.05) is 0 Å². The highest BCUT2D eigenvalue weighted by Crippen LogP contribution is 2.32. The SMILES string of the molecule is CCC(C)(CC)c1ccc(-c2cccc(OC)c2)cc1. The Morgan fingerprint density at radius 3 is 2.10 bits per heavy atom. The molecule has 0 fully saturated rings. The van der Waals surface area contributed by atoms with Crippen LogP contribution in [0.15, 0.2) is 48.5 Å². The summed E-state index contributed by atoms with van der Waals surface area (Å²) in [6.45, 7) is 6.87. The van der Waals surface area contributed by atoms with Crippen LogP contribution in [-0.2, 0) is 5.41 Å². The molecule has 0 unspecified atom stereocenters. The molecule has 0 heterocycles. The molecule has 2 rings (SSSR count). The third-order valence-electron chi connectivity index (χ3n) is 4.55. The van der Waals surface area contributed by atoms with Crippen LogP contribution in [0, 0.1) is 0 Å². The quantitative estimate of drug-likeness (QED) is 0.701. The molecule has 0 aromatic heterocycles. The fourth-order valence-electron chi connectivity index (χ4n) is 2.53. The summed E-state index contributed by atoms with van der Waals surface area (Å²) in [4.78, 5) is 0. The summed E-state index contributed by atoms with van der Waals surface area (Å²) in [6, 6.07) is 17.2. The van der Waals surface area contributed by atoms with Gasteiger partial charge in [-0.25, -0.2) is 0 Å². The molecule has 0 amide bonds. The zero-order valence-corrected chi connectivity index (χ0v) is 12.9. The molecule has 0 spiro atoms. The van der Waals surface area contributed by atoms with E-state index < -0.39 is 0 Å². The predicted molar refractivity (Wildman–Crippen MR) is 86.4 cm³/mol. The Balaban J connectivity index is 2.32. The Morgan fingerprint density at radius 2 is 1.55 bits per heavy atom. The Labute approximate surface area is 122 Å². The average Bonchev–Trinajstić information content (AvgIpc) is 2.54. The van der Waals surface area contributed by atoms with E-state index in [1.807, 2.05) is 12.1 Å². The number of ether oxygens (including phenoxy) is 1. The van der Waals surface area contributed by atoms with E-state index in [1.165, 1.54) is 29.5 Å². The fraction of sp³-hybridized carbons (Fsp3) is 0.368. The van der Waals surface area contributed by atoms with Gasteiger partial charge in [0.2, 0.25) is 0 Å². The van der Waals surface area contributed by atoms with E-state index in [4.69, 9.17) is 4.74 Å². The average molecular weight is 268 g/mol. The van der Waals surface area contributed by atoms with Crippen molar-refractivity contribution in [3.8, 4) is 16.9 Å². The van der Waals surface area contributed by atoms with Crippen LogP contribution < -0.4 is 4.74 Å². The van der Waals surface area contributed by atoms with Crippen LogP contribution in [0.3, 0.4) is 0 Å². The molecule has 1 nitrogen and oxygen atoms in total. The Bertz CT molecular complexity index is 550. The lowest BCUT2D eigenvalue weighted by molar-refractivity contribution is 0.415. The van der Waals surface area contributed by atoms with Gasteiger partial charge in [-0.1, -0.05) is 57.2 Å². The van der Waals surface area contributed by atoms with E-state index in [-0.39, 0.29) is 5.41 Å². The first-order chi connectivity index (χ1) is 9.62. The molecular formula is C19H24O. The number of benzene rings is 2. The largest absolute Gasteiger partial charge is 0.497 e. The number of methoxy groups -OCH3 is 1. The predicted octanol–water partition coefficient (Wildman–Crippen LogP) is 5.44. The maximum atomic E-state index is 5.29. The molecule has 106 valence electrons. The highest BCUT2D eigenvalue weighted by molar-refractivity contribution is 5.65. The van der Waals surface area contributed by atoms with Gasteiger partial charge in [-0.05, 0) is 47.1 Å². The van der Waals surface area contributed by atoms with Crippen molar-refractivity contribution < 1.29 is 4.74 Å². The smallest absolute Gasteiger partial charge is 0.119 e. The third kappa shape index (κ3) is 2.87. The fourth-order valence-corrected chi connectivity index (χ4v) is 2.53. The van der Waals surface area contributed by atoms with Crippen LogP contribution in [0.4, 0.5) is 0 Å². The van der Waals surface area contributed by atoms with Gasteiger partial charge in [-0.2, -0.15) is 0 Å². The van der Waals surface area contributed by atoms with Gasteiger partial charge in [0.25, 0.3) is 0 Å². The van der Waals surface area contributed by atoms with Crippen molar-refractivity contribution in [3.05, 3.63) is 54.1 Å². The normalized spacial score (nSPS) is 11.4. The molecule has 2 aromatic carbocycles. The molecule has 1 heteroatoms. The first kappa shape index (κ1) is 14.6. The zero-order chi connectivity index (χ0) is 14.6. The number of hydrogen-bond donors (Lipinski definition) is 0. The van der Waals surface area contributed by atoms with E-state index in [0.717, 1.165) is 5.75 Å². The third-order valence-corrected chi connectivity index (χ3v) is 4.55. The second kappa shape index (κ2) is 6.13. The summed E-state index contributed by atoms with van der Waals surface area (Å²) < 4.78 is 5.29. The molecule has 0 aliphatic carbocycles. The lowest BCUT2D eigenvalue weighted by Crippen LogP contribution is -2.19. The van der Waals surface area contributed by atoms with E-state index in [1.54, 1.807) is 7.11 Å². The topological polar surface area (TPSA) is 9.23 Å². The molecule has 0 saturated carbocycles. The van der Waals surface area contributed by atoms with Crippen LogP contribution >= 0.6 is 0 Å². The molecule has 0 aliphatic heterocycles. The standard InChI is InChI=1S/C19H24O/c1-5-19(3,6-2)17-12-10-15(11-13-17)16-8-7-9-18(14-16)20-4/h7-14H,5-6H2,1-4H3. The number of rotatable bonds is 5.